The Morgan fingerprint density at radius 2 is 2.17 bits per heavy atom. The van der Waals surface area contributed by atoms with Gasteiger partial charge in [-0.15, -0.1) is 11.3 Å². The molecule has 0 amide bonds. The van der Waals surface area contributed by atoms with Crippen molar-refractivity contribution in [1.29, 1.82) is 0 Å². The first-order valence-corrected chi connectivity index (χ1v) is 7.03. The third-order valence-electron chi connectivity index (χ3n) is 3.22. The number of nitrogens with zero attached hydrogens (tertiary/aromatic N) is 1. The molecule has 1 atom stereocenters. The van der Waals surface area contributed by atoms with Crippen molar-refractivity contribution in [1.82, 2.24) is 4.98 Å². The van der Waals surface area contributed by atoms with E-state index >= 15 is 0 Å². The minimum absolute atomic E-state index is 0.456. The van der Waals surface area contributed by atoms with Gasteiger partial charge in [0.25, 0.3) is 0 Å². The third-order valence-corrected chi connectivity index (χ3v) is 4.53. The fraction of sp³-hybridized carbons (Fsp3) is 0.357. The molecule has 1 aliphatic heterocycles. The highest BCUT2D eigenvalue weighted by Gasteiger charge is 2.23. The fourth-order valence-electron chi connectivity index (χ4n) is 2.23. The molecule has 18 heavy (non-hydrogen) atoms. The zero-order valence-corrected chi connectivity index (χ0v) is 11.0. The molecule has 2 aromatic rings. The van der Waals surface area contributed by atoms with Gasteiger partial charge in [0.2, 0.25) is 0 Å². The summed E-state index contributed by atoms with van der Waals surface area (Å²) in [6.07, 6.45) is 1.08. The molecule has 94 valence electrons. The summed E-state index contributed by atoms with van der Waals surface area (Å²) in [5, 5.41) is 1.17. The van der Waals surface area contributed by atoms with Crippen LogP contribution in [0.3, 0.4) is 0 Å². The van der Waals surface area contributed by atoms with Gasteiger partial charge in [-0.2, -0.15) is 0 Å². The number of nitrogens with two attached hydrogens (primary N) is 1. The van der Waals surface area contributed by atoms with Gasteiger partial charge in [-0.1, -0.05) is 30.3 Å². The highest BCUT2D eigenvalue weighted by molar-refractivity contribution is 7.15. The number of benzene rings is 1. The molecule has 3 nitrogen and oxygen atoms in total. The zero-order chi connectivity index (χ0) is 12.4. The van der Waals surface area contributed by atoms with Gasteiger partial charge in [-0.05, 0) is 12.0 Å². The van der Waals surface area contributed by atoms with Crippen LogP contribution in [0.15, 0.2) is 30.3 Å². The first-order chi connectivity index (χ1) is 8.88. The fourth-order valence-corrected chi connectivity index (χ4v) is 3.45. The van der Waals surface area contributed by atoms with Crippen molar-refractivity contribution in [2.45, 2.75) is 18.9 Å². The lowest BCUT2D eigenvalue weighted by molar-refractivity contribution is 0.194. The number of thiazole rings is 1. The Hall–Kier alpha value is -1.23. The molecule has 3 rings (SSSR count). The van der Waals surface area contributed by atoms with E-state index in [1.165, 1.54) is 15.4 Å². The van der Waals surface area contributed by atoms with Crippen molar-refractivity contribution < 1.29 is 4.74 Å². The molecule has 0 radical (unpaired) electrons. The van der Waals surface area contributed by atoms with Gasteiger partial charge in [-0.3, -0.25) is 0 Å². The molecular weight excluding hydrogens is 244 g/mol. The van der Waals surface area contributed by atoms with Crippen LogP contribution in [-0.4, -0.2) is 18.2 Å². The molecule has 0 bridgehead atoms. The van der Waals surface area contributed by atoms with Crippen LogP contribution in [0.25, 0.3) is 10.4 Å². The molecule has 1 aromatic heterocycles. The van der Waals surface area contributed by atoms with E-state index in [0.29, 0.717) is 12.5 Å². The lowest BCUT2D eigenvalue weighted by Crippen LogP contribution is -2.01. The molecular formula is C14H16N2OS. The summed E-state index contributed by atoms with van der Waals surface area (Å²) in [6, 6.07) is 10.4. The number of aromatic nitrogens is 1. The van der Waals surface area contributed by atoms with E-state index in [2.05, 4.69) is 12.1 Å². The lowest BCUT2D eigenvalue weighted by Gasteiger charge is -2.00. The smallest absolute Gasteiger partial charge is 0.0990 e. The molecule has 1 saturated heterocycles. The van der Waals surface area contributed by atoms with Gasteiger partial charge in [0.15, 0.2) is 0 Å². The Kier molecular flexibility index (Phi) is 3.41. The second kappa shape index (κ2) is 5.18. The van der Waals surface area contributed by atoms with Gasteiger partial charge >= 0.3 is 0 Å². The third kappa shape index (κ3) is 2.19. The Bertz CT molecular complexity index is 518. The average Bonchev–Trinajstić information content (AvgIpc) is 3.08. The molecule has 2 N–H and O–H groups in total. The molecule has 0 aliphatic carbocycles. The van der Waals surface area contributed by atoms with E-state index in [1.807, 2.05) is 18.2 Å². The van der Waals surface area contributed by atoms with Crippen LogP contribution in [-0.2, 0) is 11.3 Å². The summed E-state index contributed by atoms with van der Waals surface area (Å²) in [7, 11) is 0. The maximum absolute atomic E-state index is 5.81. The normalized spacial score (nSPS) is 19.3. The van der Waals surface area contributed by atoms with E-state index < -0.39 is 0 Å². The van der Waals surface area contributed by atoms with Crippen molar-refractivity contribution >= 4 is 11.3 Å². The summed E-state index contributed by atoms with van der Waals surface area (Å²) in [6.45, 7) is 2.14. The summed E-state index contributed by atoms with van der Waals surface area (Å²) >= 11 is 1.76. The van der Waals surface area contributed by atoms with Crippen LogP contribution in [0.1, 0.15) is 23.0 Å². The molecule has 4 heteroatoms. The Morgan fingerprint density at radius 3 is 2.83 bits per heavy atom. The predicted molar refractivity (Wildman–Crippen MR) is 73.6 cm³/mol. The lowest BCUT2D eigenvalue weighted by atomic mass is 10.1. The van der Waals surface area contributed by atoms with Crippen molar-refractivity contribution in [3.05, 3.63) is 41.0 Å². The zero-order valence-electron chi connectivity index (χ0n) is 10.1. The van der Waals surface area contributed by atoms with E-state index in [9.17, 15) is 0 Å². The van der Waals surface area contributed by atoms with Crippen LogP contribution in [0, 0.1) is 0 Å². The highest BCUT2D eigenvalue weighted by Crippen LogP contribution is 2.36. The Balaban J connectivity index is 1.98. The Morgan fingerprint density at radius 1 is 1.33 bits per heavy atom. The molecule has 1 fully saturated rings. The van der Waals surface area contributed by atoms with Crippen molar-refractivity contribution in [3.8, 4) is 10.4 Å². The van der Waals surface area contributed by atoms with Crippen molar-refractivity contribution in [2.24, 2.45) is 5.73 Å². The SMILES string of the molecule is NCc1nc(C2CCOC2)sc1-c1ccccc1. The molecule has 1 aliphatic rings. The highest BCUT2D eigenvalue weighted by atomic mass is 32.1. The largest absolute Gasteiger partial charge is 0.381 e. The van der Waals surface area contributed by atoms with Gasteiger partial charge in [-0.25, -0.2) is 4.98 Å². The number of rotatable bonds is 3. The molecule has 1 unspecified atom stereocenters. The van der Waals surface area contributed by atoms with Crippen LogP contribution < -0.4 is 5.73 Å². The minimum Gasteiger partial charge on any atom is -0.381 e. The topological polar surface area (TPSA) is 48.1 Å². The van der Waals surface area contributed by atoms with Crippen molar-refractivity contribution in [3.63, 3.8) is 0 Å². The minimum atomic E-state index is 0.456. The number of ether oxygens (including phenoxy) is 1. The van der Waals surface area contributed by atoms with Gasteiger partial charge < -0.3 is 10.5 Å². The molecule has 1 aromatic carbocycles. The number of hydrogen-bond donors (Lipinski definition) is 1. The molecule has 0 saturated carbocycles. The first kappa shape index (κ1) is 11.8. The van der Waals surface area contributed by atoms with Crippen LogP contribution in [0.4, 0.5) is 0 Å². The Labute approximate surface area is 111 Å². The predicted octanol–water partition coefficient (Wildman–Crippen LogP) is 2.77. The van der Waals surface area contributed by atoms with Gasteiger partial charge in [0.05, 0.1) is 22.2 Å². The van der Waals surface area contributed by atoms with Crippen LogP contribution in [0.2, 0.25) is 0 Å². The van der Waals surface area contributed by atoms with Crippen LogP contribution in [0.5, 0.6) is 0 Å². The summed E-state index contributed by atoms with van der Waals surface area (Å²) < 4.78 is 5.44. The summed E-state index contributed by atoms with van der Waals surface area (Å²) in [4.78, 5) is 5.91. The second-order valence-corrected chi connectivity index (χ2v) is 5.49. The van der Waals surface area contributed by atoms with E-state index in [1.54, 1.807) is 11.3 Å². The van der Waals surface area contributed by atoms with Gasteiger partial charge in [0.1, 0.15) is 0 Å². The quantitative estimate of drug-likeness (QED) is 0.923. The van der Waals surface area contributed by atoms with E-state index in [-0.39, 0.29) is 0 Å². The van der Waals surface area contributed by atoms with E-state index in [0.717, 1.165) is 25.3 Å². The maximum Gasteiger partial charge on any atom is 0.0990 e. The monoisotopic (exact) mass is 260 g/mol. The summed E-state index contributed by atoms with van der Waals surface area (Å²) in [5.74, 6) is 0.456. The maximum atomic E-state index is 5.81. The summed E-state index contributed by atoms with van der Waals surface area (Å²) in [5.41, 5.74) is 8.03. The average molecular weight is 260 g/mol. The number of hydrogen-bond acceptors (Lipinski definition) is 4. The standard InChI is InChI=1S/C14H16N2OS/c15-8-12-13(10-4-2-1-3-5-10)18-14(16-12)11-6-7-17-9-11/h1-5,11H,6-9,15H2. The first-order valence-electron chi connectivity index (χ1n) is 6.21. The van der Waals surface area contributed by atoms with E-state index in [4.69, 9.17) is 15.5 Å². The molecule has 0 spiro atoms. The van der Waals surface area contributed by atoms with Crippen molar-refractivity contribution in [2.75, 3.05) is 13.2 Å². The second-order valence-electron chi connectivity index (χ2n) is 4.46. The van der Waals surface area contributed by atoms with Gasteiger partial charge in [0, 0.05) is 19.1 Å². The van der Waals surface area contributed by atoms with Crippen LogP contribution >= 0.6 is 11.3 Å². The molecule has 2 heterocycles.